The maximum absolute atomic E-state index is 8.55. The Kier molecular flexibility index (Phi) is 7.28. The maximum atomic E-state index is 8.55. The quantitative estimate of drug-likeness (QED) is 0.167. The van der Waals surface area contributed by atoms with Gasteiger partial charge in [-0.05, 0) is 47.3 Å². The van der Waals surface area contributed by atoms with Crippen LogP contribution in [0.3, 0.4) is 0 Å². The number of benzene rings is 6. The molecular formula is C48H38N4OPt. The summed E-state index contributed by atoms with van der Waals surface area (Å²) in [5.41, 5.74) is 10.8. The first kappa shape index (κ1) is 29.7. The molecule has 6 heteroatoms. The van der Waals surface area contributed by atoms with Gasteiger partial charge >= 0.3 is 196 Å². The Bertz CT molecular complexity index is 3060. The molecule has 9 aromatic rings. The van der Waals surface area contributed by atoms with Gasteiger partial charge < -0.3 is 0 Å². The van der Waals surface area contributed by atoms with Gasteiger partial charge in [-0.15, -0.1) is 0 Å². The summed E-state index contributed by atoms with van der Waals surface area (Å²) in [4.78, 5) is 4.95. The maximum Gasteiger partial charge on any atom is 0.0374 e. The average molecular weight is 885 g/mol. The van der Waals surface area contributed by atoms with Gasteiger partial charge in [-0.3, -0.25) is 0 Å². The van der Waals surface area contributed by atoms with Crippen LogP contribution in [0.15, 0.2) is 152 Å². The number of pyridine rings is 1. The molecule has 0 N–H and O–H groups in total. The fourth-order valence-electron chi connectivity index (χ4n) is 8.34. The summed E-state index contributed by atoms with van der Waals surface area (Å²) in [6, 6.07) is 49.6. The standard InChI is InChI=1S/C48H38N4O.Pt/c1-32-26-48(49-30-42(32)34-14-7-4-8-15-34)52-44-25-21-36(33-12-5-3-6-13-33)27-41(44)39-24-23-38(29-47(39)52)53-37-22-20-35-16-11-19-43(40(35)28-37)51-31-50(2)45-17-9-10-18-46(45)51;/h3-10,12-15,17-18,20-30,43H,11,16,19H2,1-2H3;/i1D3;. The normalized spacial score (nSPS) is 15.2. The Balaban J connectivity index is 1.11. The van der Waals surface area contributed by atoms with Crippen molar-refractivity contribution in [2.45, 2.75) is 32.2 Å². The summed E-state index contributed by atoms with van der Waals surface area (Å²) in [7, 11) is 2.14. The molecule has 1 atom stereocenters. The first-order valence-corrected chi connectivity index (χ1v) is 19.5. The van der Waals surface area contributed by atoms with Crippen LogP contribution in [0.4, 0.5) is 0 Å². The Morgan fingerprint density at radius 2 is 1.43 bits per heavy atom. The molecule has 1 aliphatic carbocycles. The largest absolute Gasteiger partial charge is 0.238 e. The predicted octanol–water partition coefficient (Wildman–Crippen LogP) is 11.9. The topological polar surface area (TPSA) is 36.9 Å². The number of nitrogens with zero attached hydrogens (tertiary/aromatic N) is 4. The van der Waals surface area contributed by atoms with Crippen molar-refractivity contribution in [3.63, 3.8) is 0 Å². The van der Waals surface area contributed by atoms with Gasteiger partial charge in [-0.1, -0.05) is 66.7 Å². The van der Waals surface area contributed by atoms with E-state index >= 15 is 0 Å². The van der Waals surface area contributed by atoms with E-state index < -0.39 is 6.85 Å². The van der Waals surface area contributed by atoms with Crippen molar-refractivity contribution in [2.75, 3.05) is 0 Å². The van der Waals surface area contributed by atoms with E-state index in [4.69, 9.17) is 13.8 Å². The number of aromatic nitrogens is 4. The molecule has 266 valence electrons. The molecule has 5 nitrogen and oxygen atoms in total. The number of fused-ring (bicyclic) bond motifs is 5. The first-order chi connectivity index (χ1) is 27.7. The first-order valence-electron chi connectivity index (χ1n) is 19.8. The molecule has 1 aliphatic rings. The van der Waals surface area contributed by atoms with Gasteiger partial charge in [0, 0.05) is 15.9 Å². The second kappa shape index (κ2) is 13.3. The fourth-order valence-corrected chi connectivity index (χ4v) is 9.24. The molecule has 0 fully saturated rings. The average Bonchev–Trinajstić information content (AvgIpc) is 3.69. The Hall–Kier alpha value is -5.77. The van der Waals surface area contributed by atoms with Crippen molar-refractivity contribution >= 4 is 32.8 Å². The molecule has 3 aromatic heterocycles. The van der Waals surface area contributed by atoms with Gasteiger partial charge in [-0.2, -0.15) is 0 Å². The Morgan fingerprint density at radius 1 is 0.685 bits per heavy atom. The van der Waals surface area contributed by atoms with Crippen molar-refractivity contribution < 1.29 is 28.2 Å². The van der Waals surface area contributed by atoms with Crippen molar-refractivity contribution in [1.82, 2.24) is 18.7 Å². The monoisotopic (exact) mass is 884 g/mol. The molecular weight excluding hydrogens is 844 g/mol. The molecule has 0 amide bonds. The molecule has 1 unspecified atom stereocenters. The fraction of sp³-hybridized carbons (Fsp3) is 0.125. The smallest absolute Gasteiger partial charge is 0.0374 e. The van der Waals surface area contributed by atoms with E-state index in [2.05, 4.69) is 125 Å². The molecule has 0 saturated carbocycles. The molecule has 54 heavy (non-hydrogen) atoms. The Morgan fingerprint density at radius 3 is 2.24 bits per heavy atom. The summed E-state index contributed by atoms with van der Waals surface area (Å²) in [5, 5.41) is 2.06. The number of imidazole rings is 1. The summed E-state index contributed by atoms with van der Waals surface area (Å²) < 4.78 is 40.4. The third-order valence-electron chi connectivity index (χ3n) is 10.9. The second-order valence-electron chi connectivity index (χ2n) is 14.1. The molecule has 0 radical (unpaired) electrons. The number of para-hydroxylation sites is 2. The van der Waals surface area contributed by atoms with E-state index in [9.17, 15) is 0 Å². The van der Waals surface area contributed by atoms with Crippen LogP contribution in [0.2, 0.25) is 0 Å². The Labute approximate surface area is 329 Å². The second-order valence-corrected chi connectivity index (χ2v) is 15.1. The van der Waals surface area contributed by atoms with Crippen molar-refractivity contribution in [3.05, 3.63) is 172 Å². The summed E-state index contributed by atoms with van der Waals surface area (Å²) in [6.45, 7) is -2.36. The number of aryl methyl sites for hydroxylation is 3. The van der Waals surface area contributed by atoms with Gasteiger partial charge in [0.05, 0.1) is 0 Å². The zero-order chi connectivity index (χ0) is 38.8. The number of hydrogen-bond donors (Lipinski definition) is 0. The van der Waals surface area contributed by atoms with Gasteiger partial charge in [0.25, 0.3) is 0 Å². The predicted molar refractivity (Wildman–Crippen MR) is 216 cm³/mol. The van der Waals surface area contributed by atoms with Gasteiger partial charge in [-0.25, -0.2) is 4.98 Å². The van der Waals surface area contributed by atoms with Gasteiger partial charge in [0.1, 0.15) is 0 Å². The van der Waals surface area contributed by atoms with Crippen LogP contribution in [-0.4, -0.2) is 18.7 Å². The third-order valence-corrected chi connectivity index (χ3v) is 12.2. The zero-order valence-electron chi connectivity index (χ0n) is 32.6. The van der Waals surface area contributed by atoms with E-state index in [1.54, 1.807) is 12.3 Å². The van der Waals surface area contributed by atoms with E-state index in [-0.39, 0.29) is 11.6 Å². The third kappa shape index (κ3) is 5.49. The van der Waals surface area contributed by atoms with Crippen LogP contribution in [0, 0.1) is 10.7 Å². The summed E-state index contributed by atoms with van der Waals surface area (Å²) in [6.07, 6.45) is 4.92. The van der Waals surface area contributed by atoms with Gasteiger partial charge in [0.2, 0.25) is 0 Å². The van der Waals surface area contributed by atoms with Crippen LogP contribution < -0.4 is 4.74 Å². The SMILES string of the molecule is [2H]C([2H])([2H])c1cc(-n2c3ccc(-c4ccccc4)cc3c3ccc(Oc4ccc5c(c4)C(n4[c](=[Pt])n(C)c6ccccc64)CCC5)cc32)ncc1-c1ccccc1. The number of hydrogen-bond acceptors (Lipinski definition) is 2. The molecule has 0 saturated heterocycles. The minimum atomic E-state index is -2.36. The van der Waals surface area contributed by atoms with Crippen molar-refractivity contribution in [3.8, 4) is 39.6 Å². The van der Waals surface area contributed by atoms with E-state index in [1.165, 1.54) is 26.0 Å². The zero-order valence-corrected chi connectivity index (χ0v) is 31.9. The molecule has 6 aromatic carbocycles. The van der Waals surface area contributed by atoms with Gasteiger partial charge in [0.15, 0.2) is 0 Å². The van der Waals surface area contributed by atoms with Crippen molar-refractivity contribution in [2.24, 2.45) is 7.05 Å². The molecule has 10 rings (SSSR count). The van der Waals surface area contributed by atoms with Crippen molar-refractivity contribution in [1.29, 1.82) is 0 Å². The van der Waals surface area contributed by atoms with Crippen LogP contribution in [-0.2, 0) is 32.8 Å². The molecule has 0 spiro atoms. The van der Waals surface area contributed by atoms with Crippen LogP contribution in [0.1, 0.15) is 39.7 Å². The molecule has 3 heterocycles. The van der Waals surface area contributed by atoms with E-state index in [0.717, 1.165) is 63.5 Å². The van der Waals surface area contributed by atoms with E-state index in [1.807, 2.05) is 54.6 Å². The minimum Gasteiger partial charge on any atom is -0.238 e. The molecule has 0 aliphatic heterocycles. The van der Waals surface area contributed by atoms with Crippen LogP contribution in [0.25, 0.3) is 60.9 Å². The van der Waals surface area contributed by atoms with E-state index in [0.29, 0.717) is 17.1 Å². The minimum absolute atomic E-state index is 0.192. The summed E-state index contributed by atoms with van der Waals surface area (Å²) >= 11 is 2.46. The number of rotatable bonds is 6. The summed E-state index contributed by atoms with van der Waals surface area (Å²) in [5.74, 6) is 2.00. The van der Waals surface area contributed by atoms with Crippen LogP contribution >= 0.6 is 0 Å². The van der Waals surface area contributed by atoms with Crippen LogP contribution in [0.5, 0.6) is 11.5 Å². The number of ether oxygens (including phenoxy) is 1. The molecule has 0 bridgehead atoms.